The molecule has 11 atom stereocenters. The number of carbonyl (C=O) groups excluding carboxylic acids is 1. The minimum absolute atomic E-state index is 0.0103. The molecule has 63 heavy (non-hydrogen) atoms. The third kappa shape index (κ3) is 18.4. The van der Waals surface area contributed by atoms with Gasteiger partial charge in [-0.15, -0.1) is 0 Å². The quantitative estimate of drug-likeness (QED) is 0.0544. The third-order valence-corrected chi connectivity index (χ3v) is 17.9. The lowest BCUT2D eigenvalue weighted by Crippen LogP contribution is -2.52. The zero-order chi connectivity index (χ0) is 47.0. The molecule has 0 aromatic rings. The van der Waals surface area contributed by atoms with Crippen molar-refractivity contribution in [2.24, 2.45) is 11.8 Å². The van der Waals surface area contributed by atoms with Crippen molar-refractivity contribution in [2.75, 3.05) is 0 Å². The summed E-state index contributed by atoms with van der Waals surface area (Å²) < 4.78 is 59.6. The maximum atomic E-state index is 10.6. The molecule has 0 unspecified atom stereocenters. The molecule has 4 aliphatic heterocycles. The van der Waals surface area contributed by atoms with E-state index in [0.717, 1.165) is 76.9 Å². The first-order chi connectivity index (χ1) is 29.0. The van der Waals surface area contributed by atoms with Gasteiger partial charge in [0.2, 0.25) is 0 Å². The molecule has 0 aromatic carbocycles. The van der Waals surface area contributed by atoms with E-state index < -0.39 is 31.5 Å². The maximum absolute atomic E-state index is 10.6. The molecule has 364 valence electrons. The van der Waals surface area contributed by atoms with Gasteiger partial charge >= 0.3 is 0 Å². The molecule has 4 saturated heterocycles. The van der Waals surface area contributed by atoms with E-state index >= 15 is 0 Å². The van der Waals surface area contributed by atoms with Gasteiger partial charge in [0.05, 0.1) is 61.0 Å². The van der Waals surface area contributed by atoms with Gasteiger partial charge in [-0.25, -0.2) is 0 Å². The number of aliphatic hydroxyl groups is 1. The molecule has 4 fully saturated rings. The predicted molar refractivity (Wildman–Crippen MR) is 252 cm³/mol. The van der Waals surface area contributed by atoms with Crippen LogP contribution in [0, 0.1) is 11.8 Å². The molecule has 0 radical (unpaired) electrons. The van der Waals surface area contributed by atoms with Crippen LogP contribution >= 0.6 is 0 Å². The zero-order valence-corrected chi connectivity index (χ0v) is 43.3. The van der Waals surface area contributed by atoms with Crippen LogP contribution in [0.25, 0.3) is 0 Å². The number of ether oxygens (including phenoxy) is 8. The topological polar surface area (TPSA) is 120 Å². The summed E-state index contributed by atoms with van der Waals surface area (Å²) in [6.45, 7) is 33.8. The Morgan fingerprint density at radius 2 is 0.968 bits per heavy atom. The van der Waals surface area contributed by atoms with E-state index in [-0.39, 0.29) is 77.9 Å². The largest absolute Gasteiger partial charge is 0.414 e. The van der Waals surface area contributed by atoms with E-state index in [0.29, 0.717) is 0 Å². The van der Waals surface area contributed by atoms with Crippen molar-refractivity contribution in [3.63, 3.8) is 0 Å². The molecular weight excluding hydrogens is 817 g/mol. The summed E-state index contributed by atoms with van der Waals surface area (Å²) >= 11 is 0. The highest BCUT2D eigenvalue weighted by Crippen LogP contribution is 2.42. The van der Waals surface area contributed by atoms with Gasteiger partial charge in [0.1, 0.15) is 6.29 Å². The number of aldehydes is 1. The van der Waals surface area contributed by atoms with E-state index in [1.165, 1.54) is 6.08 Å². The molecule has 4 rings (SSSR count). The van der Waals surface area contributed by atoms with E-state index in [4.69, 9.17) is 42.3 Å². The predicted octanol–water partition coefficient (Wildman–Crippen LogP) is 11.3. The van der Waals surface area contributed by atoms with Gasteiger partial charge in [-0.2, -0.15) is 0 Å². The monoisotopic (exact) mass is 907 g/mol. The molecular formula is C51H90O11Si. The van der Waals surface area contributed by atoms with Gasteiger partial charge in [-0.3, -0.25) is 4.79 Å². The molecule has 0 spiro atoms. The third-order valence-electron chi connectivity index (χ3n) is 13.3. The first-order valence-corrected chi connectivity index (χ1v) is 27.2. The van der Waals surface area contributed by atoms with Crippen LogP contribution in [0.15, 0.2) is 36.5 Å². The van der Waals surface area contributed by atoms with Crippen LogP contribution in [0.5, 0.6) is 0 Å². The fraction of sp³-hybridized carbons (Fsp3) is 0.863. The van der Waals surface area contributed by atoms with Gasteiger partial charge in [-0.05, 0) is 117 Å². The van der Waals surface area contributed by atoms with Crippen molar-refractivity contribution in [3.8, 4) is 0 Å². The SMILES string of the molecule is CC(C)[C@H](O)[C@@H](C)CC[C@H]1C[C@@H](C[C@H]2C[C@H](C[C@H]3C[C@H](C[C@@H]4C[C@H](C[C@@H](C/C=C/C=C/C=C/C=O)O[Si](C)(C)C(C)(C)C)OC(C)(C)O4)OC(C)(C)O3)OC(C)(C)O2)OC(C)(C)O1. The molecule has 4 aliphatic rings. The van der Waals surface area contributed by atoms with Crippen LogP contribution in [0.2, 0.25) is 18.1 Å². The summed E-state index contributed by atoms with van der Waals surface area (Å²) in [6.07, 6.45) is 19.9. The van der Waals surface area contributed by atoms with Crippen molar-refractivity contribution >= 4 is 14.6 Å². The lowest BCUT2D eigenvalue weighted by molar-refractivity contribution is -0.339. The van der Waals surface area contributed by atoms with E-state index in [2.05, 4.69) is 60.7 Å². The van der Waals surface area contributed by atoms with Crippen molar-refractivity contribution in [1.29, 1.82) is 0 Å². The second-order valence-electron chi connectivity index (χ2n) is 22.8. The molecule has 12 heteroatoms. The van der Waals surface area contributed by atoms with Crippen LogP contribution in [-0.2, 0) is 47.1 Å². The molecule has 0 saturated carbocycles. The summed E-state index contributed by atoms with van der Waals surface area (Å²) in [5.41, 5.74) is 0. The summed E-state index contributed by atoms with van der Waals surface area (Å²) in [6, 6.07) is 0. The van der Waals surface area contributed by atoms with Gasteiger partial charge in [0.25, 0.3) is 0 Å². The van der Waals surface area contributed by atoms with Crippen LogP contribution < -0.4 is 0 Å². The van der Waals surface area contributed by atoms with E-state index in [1.54, 1.807) is 6.08 Å². The standard InChI is InChI=1S/C51H90O11Si/c1-35(2)46(53)36(3)24-25-37-27-39(55-48(7,8)54-37)29-41-31-43(59-50(11,12)57-41)33-45-34-44(60-51(13,14)61-45)32-42-30-40(56-49(9,10)58-42)28-38(62-63(15,16)47(4,5)6)23-21-19-17-18-20-22-26-52/h17-22,26,35-46,53H,23-25,27-34H2,1-16H3/b18-17+,21-19+,22-20+/t36-,37-,38+,39-,40-,41-,42-,43+,44-,45-,46-/m0/s1. The molecule has 4 heterocycles. The summed E-state index contributed by atoms with van der Waals surface area (Å²) in [7, 11) is -2.07. The average Bonchev–Trinajstić information content (AvgIpc) is 3.09. The molecule has 0 amide bonds. The van der Waals surface area contributed by atoms with Gasteiger partial charge in [-0.1, -0.05) is 71.9 Å². The Bertz CT molecular complexity index is 1500. The van der Waals surface area contributed by atoms with Gasteiger partial charge in [0.15, 0.2) is 31.5 Å². The number of allylic oxidation sites excluding steroid dienone is 5. The molecule has 0 aliphatic carbocycles. The highest BCUT2D eigenvalue weighted by atomic mass is 28.4. The Balaban J connectivity index is 1.39. The zero-order valence-electron chi connectivity index (χ0n) is 42.3. The Labute approximate surface area is 383 Å². The Hall–Kier alpha value is -1.29. The second-order valence-corrected chi connectivity index (χ2v) is 27.5. The minimum atomic E-state index is -2.07. The number of aliphatic hydroxyl groups excluding tert-OH is 1. The van der Waals surface area contributed by atoms with Crippen LogP contribution in [0.4, 0.5) is 0 Å². The summed E-state index contributed by atoms with van der Waals surface area (Å²) in [5, 5.41) is 10.7. The lowest BCUT2D eigenvalue weighted by atomic mass is 9.88. The maximum Gasteiger partial charge on any atom is 0.192 e. The molecule has 11 nitrogen and oxygen atoms in total. The number of hydrogen-bond donors (Lipinski definition) is 1. The van der Waals surface area contributed by atoms with Gasteiger partial charge < -0.3 is 47.4 Å². The number of rotatable bonds is 20. The van der Waals surface area contributed by atoms with Crippen LogP contribution in [0.3, 0.4) is 0 Å². The number of hydrogen-bond acceptors (Lipinski definition) is 11. The van der Waals surface area contributed by atoms with E-state index in [1.807, 2.05) is 73.6 Å². The fourth-order valence-corrected chi connectivity index (χ4v) is 11.2. The molecule has 0 aromatic heterocycles. The first kappa shape index (κ1) is 54.3. The highest BCUT2D eigenvalue weighted by Gasteiger charge is 2.46. The van der Waals surface area contributed by atoms with Gasteiger partial charge in [0, 0.05) is 44.9 Å². The first-order valence-electron chi connectivity index (χ1n) is 24.3. The Morgan fingerprint density at radius 1 is 0.603 bits per heavy atom. The van der Waals surface area contributed by atoms with Crippen LogP contribution in [-0.4, -0.2) is 104 Å². The summed E-state index contributed by atoms with van der Waals surface area (Å²) in [4.78, 5) is 10.6. The minimum Gasteiger partial charge on any atom is -0.414 e. The van der Waals surface area contributed by atoms with Crippen molar-refractivity contribution in [3.05, 3.63) is 36.5 Å². The van der Waals surface area contributed by atoms with E-state index in [9.17, 15) is 9.90 Å². The summed E-state index contributed by atoms with van der Waals surface area (Å²) in [5.74, 6) is -2.52. The number of carbonyl (C=O) groups is 1. The van der Waals surface area contributed by atoms with Crippen molar-refractivity contribution < 1.29 is 52.2 Å². The molecule has 0 bridgehead atoms. The fourth-order valence-electron chi connectivity index (χ4n) is 9.85. The smallest absolute Gasteiger partial charge is 0.192 e. The van der Waals surface area contributed by atoms with Crippen LogP contribution in [0.1, 0.15) is 168 Å². The van der Waals surface area contributed by atoms with Crippen molar-refractivity contribution in [1.82, 2.24) is 0 Å². The normalized spacial score (nSPS) is 32.9. The highest BCUT2D eigenvalue weighted by molar-refractivity contribution is 6.74. The lowest BCUT2D eigenvalue weighted by Gasteiger charge is -2.47. The average molecular weight is 907 g/mol. The Morgan fingerprint density at radius 3 is 1.38 bits per heavy atom. The van der Waals surface area contributed by atoms with Crippen molar-refractivity contribution in [2.45, 2.75) is 270 Å². The molecule has 1 N–H and O–H groups in total. The second kappa shape index (κ2) is 22.7. The Kier molecular flexibility index (Phi) is 19.5.